The minimum Gasteiger partial charge on any atom is -0.370 e. The standard InChI is InChI=1S/C11H18N4O2/c1-14(2)10(16)7-15-6-8-3-4-17-9(5-12)11(8)13-15/h6,9H,3-5,7,12H2,1-2H3. The summed E-state index contributed by atoms with van der Waals surface area (Å²) >= 11 is 0. The van der Waals surface area contributed by atoms with Gasteiger partial charge in [0, 0.05) is 26.8 Å². The first-order chi connectivity index (χ1) is 8.11. The maximum atomic E-state index is 11.6. The van der Waals surface area contributed by atoms with Crippen LogP contribution in [-0.4, -0.2) is 47.8 Å². The van der Waals surface area contributed by atoms with E-state index in [1.54, 1.807) is 23.7 Å². The Morgan fingerprint density at radius 2 is 2.47 bits per heavy atom. The number of likely N-dealkylation sites (N-methyl/N-ethyl adjacent to an activating group) is 1. The second-order valence-corrected chi connectivity index (χ2v) is 4.37. The van der Waals surface area contributed by atoms with Gasteiger partial charge >= 0.3 is 0 Å². The molecule has 0 radical (unpaired) electrons. The van der Waals surface area contributed by atoms with Crippen molar-refractivity contribution >= 4 is 5.91 Å². The minimum absolute atomic E-state index is 0.0232. The number of carbonyl (C=O) groups excluding carboxylic acids is 1. The van der Waals surface area contributed by atoms with Crippen molar-refractivity contribution in [3.05, 3.63) is 17.5 Å². The van der Waals surface area contributed by atoms with Gasteiger partial charge in [-0.15, -0.1) is 0 Å². The highest BCUT2D eigenvalue weighted by Crippen LogP contribution is 2.24. The topological polar surface area (TPSA) is 73.4 Å². The molecule has 0 bridgehead atoms. The van der Waals surface area contributed by atoms with Gasteiger partial charge in [0.25, 0.3) is 0 Å². The van der Waals surface area contributed by atoms with Crippen LogP contribution >= 0.6 is 0 Å². The van der Waals surface area contributed by atoms with Gasteiger partial charge in [-0.3, -0.25) is 9.48 Å². The summed E-state index contributed by atoms with van der Waals surface area (Å²) in [6.45, 7) is 1.35. The van der Waals surface area contributed by atoms with Gasteiger partial charge in [0.15, 0.2) is 0 Å². The molecule has 6 nitrogen and oxygen atoms in total. The Kier molecular flexibility index (Phi) is 3.44. The second kappa shape index (κ2) is 4.85. The van der Waals surface area contributed by atoms with Gasteiger partial charge in [0.05, 0.1) is 12.3 Å². The highest BCUT2D eigenvalue weighted by atomic mass is 16.5. The molecule has 6 heteroatoms. The van der Waals surface area contributed by atoms with Crippen LogP contribution in [0.3, 0.4) is 0 Å². The van der Waals surface area contributed by atoms with Crippen molar-refractivity contribution in [2.75, 3.05) is 27.2 Å². The summed E-state index contributed by atoms with van der Waals surface area (Å²) in [5.41, 5.74) is 7.64. The van der Waals surface area contributed by atoms with Crippen molar-refractivity contribution in [1.29, 1.82) is 0 Å². The lowest BCUT2D eigenvalue weighted by Gasteiger charge is -2.19. The Hall–Kier alpha value is -1.40. The molecule has 1 unspecified atom stereocenters. The van der Waals surface area contributed by atoms with Crippen LogP contribution in [-0.2, 0) is 22.5 Å². The fourth-order valence-corrected chi connectivity index (χ4v) is 1.87. The number of carbonyl (C=O) groups is 1. The molecule has 2 heterocycles. The summed E-state index contributed by atoms with van der Waals surface area (Å²) in [6.07, 6.45) is 2.62. The fraction of sp³-hybridized carbons (Fsp3) is 0.636. The van der Waals surface area contributed by atoms with Crippen molar-refractivity contribution in [2.45, 2.75) is 19.1 Å². The van der Waals surface area contributed by atoms with Crippen LogP contribution in [0.5, 0.6) is 0 Å². The van der Waals surface area contributed by atoms with E-state index in [1.807, 2.05) is 6.20 Å². The average molecular weight is 238 g/mol. The third kappa shape index (κ3) is 2.48. The monoisotopic (exact) mass is 238 g/mol. The Morgan fingerprint density at radius 1 is 1.71 bits per heavy atom. The molecule has 1 amide bonds. The van der Waals surface area contributed by atoms with Gasteiger partial charge in [-0.1, -0.05) is 0 Å². The minimum atomic E-state index is -0.130. The lowest BCUT2D eigenvalue weighted by molar-refractivity contribution is -0.129. The molecule has 94 valence electrons. The number of hydrogen-bond acceptors (Lipinski definition) is 4. The van der Waals surface area contributed by atoms with Crippen molar-refractivity contribution in [3.8, 4) is 0 Å². The molecule has 0 aromatic carbocycles. The van der Waals surface area contributed by atoms with Crippen LogP contribution in [0.25, 0.3) is 0 Å². The lowest BCUT2D eigenvalue weighted by Crippen LogP contribution is -2.26. The van der Waals surface area contributed by atoms with Gasteiger partial charge in [0.1, 0.15) is 12.6 Å². The highest BCUT2D eigenvalue weighted by Gasteiger charge is 2.23. The number of nitrogens with two attached hydrogens (primary N) is 1. The van der Waals surface area contributed by atoms with Crippen LogP contribution in [0.2, 0.25) is 0 Å². The predicted molar refractivity (Wildman–Crippen MR) is 62.4 cm³/mol. The third-order valence-electron chi connectivity index (χ3n) is 2.88. The van der Waals surface area contributed by atoms with Gasteiger partial charge < -0.3 is 15.4 Å². The van der Waals surface area contributed by atoms with Crippen molar-refractivity contribution in [2.24, 2.45) is 5.73 Å². The van der Waals surface area contributed by atoms with Crippen LogP contribution < -0.4 is 5.73 Å². The number of rotatable bonds is 3. The molecule has 1 atom stereocenters. The molecule has 17 heavy (non-hydrogen) atoms. The zero-order valence-corrected chi connectivity index (χ0v) is 10.2. The number of fused-ring (bicyclic) bond motifs is 1. The first-order valence-corrected chi connectivity index (χ1v) is 5.70. The molecular weight excluding hydrogens is 220 g/mol. The van der Waals surface area contributed by atoms with Gasteiger partial charge in [0.2, 0.25) is 5.91 Å². The molecular formula is C11H18N4O2. The molecule has 1 aliphatic rings. The fourth-order valence-electron chi connectivity index (χ4n) is 1.87. The SMILES string of the molecule is CN(C)C(=O)Cn1cc2c(n1)C(CN)OCC2. The van der Waals surface area contributed by atoms with Crippen LogP contribution in [0.1, 0.15) is 17.4 Å². The van der Waals surface area contributed by atoms with E-state index >= 15 is 0 Å². The van der Waals surface area contributed by atoms with Gasteiger partial charge in [-0.2, -0.15) is 5.10 Å². The van der Waals surface area contributed by atoms with E-state index in [4.69, 9.17) is 10.5 Å². The zero-order valence-electron chi connectivity index (χ0n) is 10.2. The number of nitrogens with zero attached hydrogens (tertiary/aromatic N) is 3. The molecule has 2 N–H and O–H groups in total. The molecule has 2 rings (SSSR count). The lowest BCUT2D eigenvalue weighted by atomic mass is 10.1. The smallest absolute Gasteiger partial charge is 0.243 e. The summed E-state index contributed by atoms with van der Waals surface area (Å²) in [5.74, 6) is 0.0232. The van der Waals surface area contributed by atoms with Gasteiger partial charge in [-0.05, 0) is 12.0 Å². The Labute approximate surface area is 100 Å². The van der Waals surface area contributed by atoms with E-state index in [2.05, 4.69) is 5.10 Å². The maximum Gasteiger partial charge on any atom is 0.243 e. The largest absolute Gasteiger partial charge is 0.370 e. The summed E-state index contributed by atoms with van der Waals surface area (Å²) in [6, 6.07) is 0. The molecule has 0 saturated carbocycles. The van der Waals surface area contributed by atoms with E-state index in [1.165, 1.54) is 0 Å². The molecule has 0 saturated heterocycles. The summed E-state index contributed by atoms with van der Waals surface area (Å²) < 4.78 is 7.19. The quantitative estimate of drug-likeness (QED) is 0.773. The van der Waals surface area contributed by atoms with Crippen molar-refractivity contribution < 1.29 is 9.53 Å². The zero-order chi connectivity index (χ0) is 12.4. The Morgan fingerprint density at radius 3 is 3.12 bits per heavy atom. The van der Waals surface area contributed by atoms with E-state index in [9.17, 15) is 4.79 Å². The molecule has 1 aromatic heterocycles. The highest BCUT2D eigenvalue weighted by molar-refractivity contribution is 5.75. The van der Waals surface area contributed by atoms with Crippen LogP contribution in [0, 0.1) is 0 Å². The number of aromatic nitrogens is 2. The first kappa shape index (κ1) is 12.1. The third-order valence-corrected chi connectivity index (χ3v) is 2.88. The van der Waals surface area contributed by atoms with Crippen LogP contribution in [0.4, 0.5) is 0 Å². The molecule has 1 aliphatic heterocycles. The van der Waals surface area contributed by atoms with Crippen molar-refractivity contribution in [3.63, 3.8) is 0 Å². The molecule has 1 aromatic rings. The summed E-state index contributed by atoms with van der Waals surface area (Å²) in [4.78, 5) is 13.1. The van der Waals surface area contributed by atoms with E-state index in [0.717, 1.165) is 17.7 Å². The Bertz CT molecular complexity index is 414. The number of hydrogen-bond donors (Lipinski definition) is 1. The summed E-state index contributed by atoms with van der Waals surface area (Å²) in [5, 5.41) is 4.39. The molecule has 0 aliphatic carbocycles. The average Bonchev–Trinajstić information content (AvgIpc) is 2.70. The molecule has 0 fully saturated rings. The van der Waals surface area contributed by atoms with E-state index in [0.29, 0.717) is 13.2 Å². The number of ether oxygens (including phenoxy) is 1. The van der Waals surface area contributed by atoms with Crippen LogP contribution in [0.15, 0.2) is 6.20 Å². The van der Waals surface area contributed by atoms with E-state index < -0.39 is 0 Å². The van der Waals surface area contributed by atoms with Gasteiger partial charge in [-0.25, -0.2) is 0 Å². The molecule has 0 spiro atoms. The maximum absolute atomic E-state index is 11.6. The van der Waals surface area contributed by atoms with E-state index in [-0.39, 0.29) is 18.6 Å². The second-order valence-electron chi connectivity index (χ2n) is 4.37. The number of amides is 1. The summed E-state index contributed by atoms with van der Waals surface area (Å²) in [7, 11) is 3.47. The first-order valence-electron chi connectivity index (χ1n) is 5.70. The predicted octanol–water partition coefficient (Wildman–Crippen LogP) is -0.456. The normalized spacial score (nSPS) is 18.9. The van der Waals surface area contributed by atoms with Crippen molar-refractivity contribution in [1.82, 2.24) is 14.7 Å². The Balaban J connectivity index is 2.16.